The molecule has 0 aliphatic heterocycles. The van der Waals surface area contributed by atoms with Crippen LogP contribution in [0.3, 0.4) is 0 Å². The molecule has 3 rings (SSSR count). The summed E-state index contributed by atoms with van der Waals surface area (Å²) in [5.74, 6) is 1.20. The molecule has 0 atom stereocenters. The van der Waals surface area contributed by atoms with Gasteiger partial charge in [-0.2, -0.15) is 5.10 Å². The van der Waals surface area contributed by atoms with Crippen molar-refractivity contribution in [2.75, 3.05) is 13.6 Å². The number of phenols is 1. The number of nitrogens with zero attached hydrogens (tertiary/aromatic N) is 4. The van der Waals surface area contributed by atoms with Crippen molar-refractivity contribution < 1.29 is 5.11 Å². The molecule has 0 saturated heterocycles. The molecule has 140 valence electrons. The van der Waals surface area contributed by atoms with E-state index in [0.717, 1.165) is 43.0 Å². The Labute approximate surface area is 155 Å². The lowest BCUT2D eigenvalue weighted by Crippen LogP contribution is -2.38. The summed E-state index contributed by atoms with van der Waals surface area (Å²) in [6.07, 6.45) is 8.45. The number of phenolic OH excluding ortho intramolecular Hbond substituents is 1. The Balaban J connectivity index is 1.79. The fourth-order valence-corrected chi connectivity index (χ4v) is 3.59. The first-order chi connectivity index (χ1) is 12.6. The van der Waals surface area contributed by atoms with Gasteiger partial charge in [0.25, 0.3) is 0 Å². The van der Waals surface area contributed by atoms with Gasteiger partial charge in [0.1, 0.15) is 5.75 Å². The summed E-state index contributed by atoms with van der Waals surface area (Å²) in [5, 5.41) is 17.9. The van der Waals surface area contributed by atoms with E-state index >= 15 is 0 Å². The molecule has 1 aromatic carbocycles. The molecule has 0 radical (unpaired) electrons. The van der Waals surface area contributed by atoms with E-state index in [2.05, 4.69) is 28.3 Å². The summed E-state index contributed by atoms with van der Waals surface area (Å²) in [6.45, 7) is 4.09. The van der Waals surface area contributed by atoms with Gasteiger partial charge in [-0.15, -0.1) is 0 Å². The first-order valence-electron chi connectivity index (χ1n) is 9.38. The Morgan fingerprint density at radius 1 is 1.35 bits per heavy atom. The third-order valence-corrected chi connectivity index (χ3v) is 4.89. The molecule has 2 N–H and O–H groups in total. The largest absolute Gasteiger partial charge is 0.508 e. The number of hydrogen-bond acceptors (Lipinski definition) is 3. The van der Waals surface area contributed by atoms with E-state index in [9.17, 15) is 5.11 Å². The topological polar surface area (TPSA) is 65.7 Å². The van der Waals surface area contributed by atoms with E-state index in [-0.39, 0.29) is 0 Å². The zero-order chi connectivity index (χ0) is 18.5. The van der Waals surface area contributed by atoms with Crippen molar-refractivity contribution in [2.45, 2.75) is 45.7 Å². The van der Waals surface area contributed by atoms with Crippen LogP contribution in [0.4, 0.5) is 0 Å². The lowest BCUT2D eigenvalue weighted by atomic mass is 9.88. The Bertz CT molecular complexity index is 781. The zero-order valence-electron chi connectivity index (χ0n) is 16.0. The number of benzene rings is 1. The van der Waals surface area contributed by atoms with Crippen molar-refractivity contribution >= 4 is 5.96 Å². The lowest BCUT2D eigenvalue weighted by molar-refractivity contribution is 0.462. The molecular weight excluding hydrogens is 326 g/mol. The van der Waals surface area contributed by atoms with Gasteiger partial charge < -0.3 is 15.3 Å². The lowest BCUT2D eigenvalue weighted by Gasteiger charge is -2.23. The molecule has 1 heterocycles. The van der Waals surface area contributed by atoms with Crippen LogP contribution >= 0.6 is 0 Å². The number of guanidine groups is 1. The molecule has 6 nitrogen and oxygen atoms in total. The molecule has 2 aromatic rings. The first-order valence-corrected chi connectivity index (χ1v) is 9.38. The van der Waals surface area contributed by atoms with Gasteiger partial charge in [-0.05, 0) is 49.8 Å². The minimum atomic E-state index is 0.361. The van der Waals surface area contributed by atoms with E-state index < -0.39 is 0 Å². The molecule has 6 heteroatoms. The van der Waals surface area contributed by atoms with Gasteiger partial charge in [-0.1, -0.05) is 6.07 Å². The standard InChI is InChI=1S/C20H29N5O/c1-4-21-20(24(2)13-15-11-23-25(3)14-15)22-12-18-17-8-6-5-7-16(17)9-10-19(18)26/h9-11,14,26H,4-8,12-13H2,1-3H3,(H,21,22). The molecule has 0 unspecified atom stereocenters. The van der Waals surface area contributed by atoms with Crippen LogP contribution in [0.2, 0.25) is 0 Å². The quantitative estimate of drug-likeness (QED) is 0.639. The average molecular weight is 355 g/mol. The second-order valence-corrected chi connectivity index (χ2v) is 6.96. The molecule has 0 bridgehead atoms. The highest BCUT2D eigenvalue weighted by atomic mass is 16.3. The molecule has 1 aliphatic carbocycles. The van der Waals surface area contributed by atoms with Crippen molar-refractivity contribution in [3.63, 3.8) is 0 Å². The van der Waals surface area contributed by atoms with Crippen LogP contribution in [0.1, 0.15) is 42.0 Å². The van der Waals surface area contributed by atoms with Crippen molar-refractivity contribution in [2.24, 2.45) is 12.0 Å². The number of rotatable bonds is 5. The average Bonchev–Trinajstić information content (AvgIpc) is 3.04. The molecule has 1 aromatic heterocycles. The molecule has 1 aliphatic rings. The third-order valence-electron chi connectivity index (χ3n) is 4.89. The van der Waals surface area contributed by atoms with Gasteiger partial charge in [0.2, 0.25) is 0 Å². The fraction of sp³-hybridized carbons (Fsp3) is 0.500. The molecule has 26 heavy (non-hydrogen) atoms. The van der Waals surface area contributed by atoms with Gasteiger partial charge in [0.05, 0.1) is 12.7 Å². The Morgan fingerprint density at radius 2 is 2.15 bits per heavy atom. The minimum absolute atomic E-state index is 0.361. The van der Waals surface area contributed by atoms with E-state index in [1.165, 1.54) is 24.0 Å². The Kier molecular flexibility index (Phi) is 5.81. The number of hydrogen-bond donors (Lipinski definition) is 2. The SMILES string of the molecule is CCNC(=NCc1c(O)ccc2c1CCCC2)N(C)Cc1cnn(C)c1. The number of aromatic hydroxyl groups is 1. The third kappa shape index (κ3) is 4.18. The van der Waals surface area contributed by atoms with Crippen LogP contribution in [-0.2, 0) is 33.0 Å². The monoisotopic (exact) mass is 355 g/mol. The van der Waals surface area contributed by atoms with E-state index in [1.807, 2.05) is 37.2 Å². The molecule has 0 spiro atoms. The number of aryl methyl sites for hydroxylation is 2. The number of fused-ring (bicyclic) bond motifs is 1. The van der Waals surface area contributed by atoms with Gasteiger partial charge in [0.15, 0.2) is 5.96 Å². The summed E-state index contributed by atoms with van der Waals surface area (Å²) >= 11 is 0. The molecular formula is C20H29N5O. The molecule has 0 fully saturated rings. The van der Waals surface area contributed by atoms with E-state index in [1.54, 1.807) is 0 Å². The van der Waals surface area contributed by atoms with Crippen LogP contribution in [-0.4, -0.2) is 39.3 Å². The maximum Gasteiger partial charge on any atom is 0.194 e. The Morgan fingerprint density at radius 3 is 2.88 bits per heavy atom. The van der Waals surface area contributed by atoms with Crippen LogP contribution < -0.4 is 5.32 Å². The summed E-state index contributed by atoms with van der Waals surface area (Å²) in [6, 6.07) is 3.89. The number of aromatic nitrogens is 2. The van der Waals surface area contributed by atoms with Gasteiger partial charge >= 0.3 is 0 Å². The van der Waals surface area contributed by atoms with Gasteiger partial charge in [-0.3, -0.25) is 4.68 Å². The van der Waals surface area contributed by atoms with Crippen molar-refractivity contribution in [1.29, 1.82) is 0 Å². The minimum Gasteiger partial charge on any atom is -0.508 e. The predicted octanol–water partition coefficient (Wildman–Crippen LogP) is 2.60. The smallest absolute Gasteiger partial charge is 0.194 e. The zero-order valence-corrected chi connectivity index (χ0v) is 16.0. The summed E-state index contributed by atoms with van der Waals surface area (Å²) in [7, 11) is 3.94. The normalized spacial score (nSPS) is 14.2. The maximum absolute atomic E-state index is 10.4. The summed E-state index contributed by atoms with van der Waals surface area (Å²) in [5.41, 5.74) is 4.78. The van der Waals surface area contributed by atoms with Crippen molar-refractivity contribution in [3.8, 4) is 5.75 Å². The molecule has 0 amide bonds. The maximum atomic E-state index is 10.4. The molecule has 0 saturated carbocycles. The van der Waals surface area contributed by atoms with Crippen LogP contribution in [0.15, 0.2) is 29.5 Å². The second-order valence-electron chi connectivity index (χ2n) is 6.96. The fourth-order valence-electron chi connectivity index (χ4n) is 3.59. The number of nitrogens with one attached hydrogen (secondary N) is 1. The Hall–Kier alpha value is -2.50. The summed E-state index contributed by atoms with van der Waals surface area (Å²) in [4.78, 5) is 6.89. The van der Waals surface area contributed by atoms with Crippen molar-refractivity contribution in [1.82, 2.24) is 20.0 Å². The predicted molar refractivity (Wildman–Crippen MR) is 104 cm³/mol. The highest BCUT2D eigenvalue weighted by molar-refractivity contribution is 5.79. The highest BCUT2D eigenvalue weighted by Crippen LogP contribution is 2.31. The van der Waals surface area contributed by atoms with Crippen LogP contribution in [0.25, 0.3) is 0 Å². The number of aliphatic imine (C=N–C) groups is 1. The first kappa shape index (κ1) is 18.3. The van der Waals surface area contributed by atoms with E-state index in [0.29, 0.717) is 12.3 Å². The van der Waals surface area contributed by atoms with E-state index in [4.69, 9.17) is 4.99 Å². The van der Waals surface area contributed by atoms with Crippen molar-refractivity contribution in [3.05, 3.63) is 46.8 Å². The summed E-state index contributed by atoms with van der Waals surface area (Å²) < 4.78 is 1.81. The van der Waals surface area contributed by atoms with Crippen LogP contribution in [0, 0.1) is 0 Å². The van der Waals surface area contributed by atoms with Crippen LogP contribution in [0.5, 0.6) is 5.75 Å². The van der Waals surface area contributed by atoms with Gasteiger partial charge in [0, 0.05) is 44.5 Å². The van der Waals surface area contributed by atoms with Gasteiger partial charge in [-0.25, -0.2) is 4.99 Å². The highest BCUT2D eigenvalue weighted by Gasteiger charge is 2.16. The second kappa shape index (κ2) is 8.25.